The Morgan fingerprint density at radius 2 is 1.06 bits per heavy atom. The van der Waals surface area contributed by atoms with Crippen LogP contribution in [-0.2, 0) is 37.5 Å². The number of hydrogen-bond acceptors (Lipinski definition) is 9. The summed E-state index contributed by atoms with van der Waals surface area (Å²) in [6.07, 6.45) is 42.6. The zero-order chi connectivity index (χ0) is 39.3. The number of ether oxygens (including phenoxy) is 2. The summed E-state index contributed by atoms with van der Waals surface area (Å²) in [6, 6.07) is -1.54. The predicted molar refractivity (Wildman–Crippen MR) is 212 cm³/mol. The van der Waals surface area contributed by atoms with Crippen LogP contribution in [0.25, 0.3) is 0 Å². The number of esters is 2. The molecule has 0 heterocycles. The molecular formula is C41H66NO10P. The molecule has 0 aliphatic carbocycles. The molecule has 0 aliphatic rings. The van der Waals surface area contributed by atoms with Gasteiger partial charge in [-0.1, -0.05) is 131 Å². The van der Waals surface area contributed by atoms with Crippen molar-refractivity contribution in [3.63, 3.8) is 0 Å². The van der Waals surface area contributed by atoms with Crippen LogP contribution in [0.1, 0.15) is 123 Å². The number of rotatable bonds is 34. The summed E-state index contributed by atoms with van der Waals surface area (Å²) in [6.45, 7) is 2.50. The van der Waals surface area contributed by atoms with Crippen LogP contribution in [0.2, 0.25) is 0 Å². The first-order valence-corrected chi connectivity index (χ1v) is 20.6. The van der Waals surface area contributed by atoms with Gasteiger partial charge in [-0.2, -0.15) is 0 Å². The lowest BCUT2D eigenvalue weighted by Crippen LogP contribution is -2.34. The second kappa shape index (κ2) is 35.7. The quantitative estimate of drug-likeness (QED) is 0.0247. The number of nitrogens with two attached hydrogens (primary N) is 1. The normalized spacial score (nSPS) is 14.8. The number of unbranched alkanes of at least 4 members (excludes halogenated alkanes) is 6. The highest BCUT2D eigenvalue weighted by Gasteiger charge is 2.28. The van der Waals surface area contributed by atoms with Gasteiger partial charge in [0.05, 0.1) is 13.2 Å². The van der Waals surface area contributed by atoms with Gasteiger partial charge >= 0.3 is 25.7 Å². The Bertz CT molecular complexity index is 1220. The first-order valence-electron chi connectivity index (χ1n) is 19.1. The molecule has 3 atom stereocenters. The molecule has 0 amide bonds. The van der Waals surface area contributed by atoms with Crippen LogP contribution >= 0.6 is 7.82 Å². The van der Waals surface area contributed by atoms with Crippen LogP contribution in [0.15, 0.2) is 85.1 Å². The van der Waals surface area contributed by atoms with Crippen LogP contribution in [0.4, 0.5) is 0 Å². The molecule has 0 spiro atoms. The van der Waals surface area contributed by atoms with E-state index in [0.29, 0.717) is 12.8 Å². The van der Waals surface area contributed by atoms with Crippen molar-refractivity contribution in [2.24, 2.45) is 5.73 Å². The molecule has 0 radical (unpaired) electrons. The first kappa shape index (κ1) is 49.7. The lowest BCUT2D eigenvalue weighted by molar-refractivity contribution is -0.161. The fourth-order valence-electron chi connectivity index (χ4n) is 4.40. The van der Waals surface area contributed by atoms with Crippen molar-refractivity contribution < 1.29 is 47.5 Å². The molecule has 0 aromatic carbocycles. The summed E-state index contributed by atoms with van der Waals surface area (Å²) >= 11 is 0. The van der Waals surface area contributed by atoms with E-state index < -0.39 is 57.7 Å². The van der Waals surface area contributed by atoms with E-state index >= 15 is 0 Å². The van der Waals surface area contributed by atoms with Gasteiger partial charge in [0, 0.05) is 12.8 Å². The van der Waals surface area contributed by atoms with Gasteiger partial charge < -0.3 is 25.2 Å². The molecule has 53 heavy (non-hydrogen) atoms. The van der Waals surface area contributed by atoms with E-state index in [4.69, 9.17) is 24.8 Å². The fraction of sp³-hybridized carbons (Fsp3) is 0.585. The van der Waals surface area contributed by atoms with Crippen molar-refractivity contribution in [1.82, 2.24) is 0 Å². The summed E-state index contributed by atoms with van der Waals surface area (Å²) in [4.78, 5) is 45.7. The van der Waals surface area contributed by atoms with Crippen molar-refractivity contribution in [3.05, 3.63) is 85.1 Å². The number of phosphoric ester groups is 1. The number of hydrogen-bond donors (Lipinski definition) is 3. The molecule has 2 unspecified atom stereocenters. The molecule has 300 valence electrons. The monoisotopic (exact) mass is 763 g/mol. The summed E-state index contributed by atoms with van der Waals surface area (Å²) in [5.41, 5.74) is 5.31. The smallest absolute Gasteiger partial charge is 0.472 e. The topological polar surface area (TPSA) is 172 Å². The van der Waals surface area contributed by atoms with E-state index in [0.717, 1.165) is 44.9 Å². The maximum atomic E-state index is 12.5. The number of carbonyl (C=O) groups is 3. The van der Waals surface area contributed by atoms with Gasteiger partial charge in [0.25, 0.3) is 0 Å². The summed E-state index contributed by atoms with van der Waals surface area (Å²) < 4.78 is 32.4. The van der Waals surface area contributed by atoms with Gasteiger partial charge in [-0.25, -0.2) is 4.57 Å². The zero-order valence-electron chi connectivity index (χ0n) is 32.1. The Kier molecular flexibility index (Phi) is 33.4. The molecule has 4 N–H and O–H groups in total. The van der Waals surface area contributed by atoms with Gasteiger partial charge in [0.1, 0.15) is 12.6 Å². The minimum atomic E-state index is -4.74. The van der Waals surface area contributed by atoms with Crippen molar-refractivity contribution in [2.75, 3.05) is 19.8 Å². The zero-order valence-corrected chi connectivity index (χ0v) is 33.0. The fourth-order valence-corrected chi connectivity index (χ4v) is 5.18. The number of allylic oxidation sites excluding steroid dienone is 14. The molecule has 0 saturated carbocycles. The van der Waals surface area contributed by atoms with Crippen molar-refractivity contribution in [2.45, 2.75) is 135 Å². The van der Waals surface area contributed by atoms with Crippen molar-refractivity contribution in [1.29, 1.82) is 0 Å². The van der Waals surface area contributed by atoms with E-state index in [1.807, 2.05) is 30.4 Å². The Hall–Kier alpha value is -3.34. The SMILES string of the molecule is CC/C=C/C/C=C/C/C=C/C/C=C/C/C=C/CCC(=O)OCC(COP(=O)(O)OC[C@H](N)C(=O)O)OC(=O)CC/C=C/C/C=C/CCCCCCCC. The highest BCUT2D eigenvalue weighted by molar-refractivity contribution is 7.47. The maximum absolute atomic E-state index is 12.5. The standard InChI is InChI=1S/C41H66NO10P/c1-3-5-7-9-11-13-15-17-18-19-21-22-24-26-28-30-32-39(43)49-34-37(35-50-53(47,48)51-36-38(42)41(45)46)52-40(44)33-31-29-27-25-23-20-16-14-12-10-8-6-4-2/h5,7,11,13,17-18,20-23,26-29,37-38H,3-4,6,8-10,12,14-16,19,24-25,30-36,42H2,1-2H3,(H,45,46)(H,47,48)/b7-5+,13-11+,18-17+,22-21+,23-20+,28-26+,29-27+/t37?,38-/m0/s1. The van der Waals surface area contributed by atoms with E-state index in [2.05, 4.69) is 73.1 Å². The molecule has 0 aromatic rings. The molecule has 12 heteroatoms. The molecule has 11 nitrogen and oxygen atoms in total. The van der Waals surface area contributed by atoms with Crippen molar-refractivity contribution in [3.8, 4) is 0 Å². The molecular weight excluding hydrogens is 697 g/mol. The Balaban J connectivity index is 4.65. The van der Waals surface area contributed by atoms with Crippen LogP contribution in [0.3, 0.4) is 0 Å². The summed E-state index contributed by atoms with van der Waals surface area (Å²) in [7, 11) is -4.74. The Morgan fingerprint density at radius 3 is 1.58 bits per heavy atom. The van der Waals surface area contributed by atoms with Crippen LogP contribution in [-0.4, -0.2) is 59.9 Å². The second-order valence-electron chi connectivity index (χ2n) is 12.3. The lowest BCUT2D eigenvalue weighted by Gasteiger charge is -2.20. The van der Waals surface area contributed by atoms with E-state index in [9.17, 15) is 23.8 Å². The summed E-state index contributed by atoms with van der Waals surface area (Å²) in [5.74, 6) is -2.58. The molecule has 0 aromatic heterocycles. The van der Waals surface area contributed by atoms with Crippen LogP contribution in [0.5, 0.6) is 0 Å². The van der Waals surface area contributed by atoms with Gasteiger partial charge in [-0.3, -0.25) is 23.4 Å². The molecule has 0 saturated heterocycles. The predicted octanol–water partition coefficient (Wildman–Crippen LogP) is 9.55. The van der Waals surface area contributed by atoms with E-state index in [-0.39, 0.29) is 12.8 Å². The van der Waals surface area contributed by atoms with E-state index in [1.54, 1.807) is 0 Å². The van der Waals surface area contributed by atoms with Gasteiger partial charge in [-0.05, 0) is 64.2 Å². The minimum absolute atomic E-state index is 0.0350. The number of carboxylic acid groups (broad SMARTS) is 1. The Morgan fingerprint density at radius 1 is 0.604 bits per heavy atom. The number of carbonyl (C=O) groups excluding carboxylic acids is 2. The average Bonchev–Trinajstić information content (AvgIpc) is 3.13. The third-order valence-corrected chi connectivity index (χ3v) is 8.35. The number of aliphatic carboxylic acids is 1. The van der Waals surface area contributed by atoms with Crippen LogP contribution in [0, 0.1) is 0 Å². The first-order chi connectivity index (χ1) is 25.6. The van der Waals surface area contributed by atoms with Gasteiger partial charge in [0.2, 0.25) is 0 Å². The van der Waals surface area contributed by atoms with Gasteiger partial charge in [0.15, 0.2) is 6.10 Å². The van der Waals surface area contributed by atoms with Crippen LogP contribution < -0.4 is 5.73 Å². The van der Waals surface area contributed by atoms with E-state index in [1.165, 1.54) is 38.5 Å². The maximum Gasteiger partial charge on any atom is 0.472 e. The lowest BCUT2D eigenvalue weighted by atomic mass is 10.1. The largest absolute Gasteiger partial charge is 0.480 e. The molecule has 0 fully saturated rings. The third kappa shape index (κ3) is 35.5. The van der Waals surface area contributed by atoms with Crippen molar-refractivity contribution >= 4 is 25.7 Å². The Labute approximate surface area is 318 Å². The highest BCUT2D eigenvalue weighted by Crippen LogP contribution is 2.43. The number of carboxylic acids is 1. The molecule has 0 rings (SSSR count). The third-order valence-electron chi connectivity index (χ3n) is 7.40. The number of phosphoric acid groups is 1. The van der Waals surface area contributed by atoms with Gasteiger partial charge in [-0.15, -0.1) is 0 Å². The average molecular weight is 764 g/mol. The molecule has 0 aliphatic heterocycles. The highest BCUT2D eigenvalue weighted by atomic mass is 31.2. The minimum Gasteiger partial charge on any atom is -0.480 e. The summed E-state index contributed by atoms with van der Waals surface area (Å²) in [5, 5.41) is 8.86. The second-order valence-corrected chi connectivity index (χ2v) is 13.8. The molecule has 0 bridgehead atoms.